The molecule has 0 aliphatic carbocycles. The molecule has 3 heteroatoms. The van der Waals surface area contributed by atoms with Gasteiger partial charge in [0, 0.05) is 18.0 Å². The molecule has 1 unspecified atom stereocenters. The van der Waals surface area contributed by atoms with Gasteiger partial charge in [0.15, 0.2) is 0 Å². The van der Waals surface area contributed by atoms with Crippen molar-refractivity contribution in [3.05, 3.63) is 29.8 Å². The van der Waals surface area contributed by atoms with Gasteiger partial charge in [0.25, 0.3) is 0 Å². The average molecular weight is 240 g/mol. The van der Waals surface area contributed by atoms with Crippen molar-refractivity contribution in [1.29, 1.82) is 0 Å². The summed E-state index contributed by atoms with van der Waals surface area (Å²) in [5.74, 6) is 0.885. The van der Waals surface area contributed by atoms with Crippen LogP contribution in [0.15, 0.2) is 24.3 Å². The van der Waals surface area contributed by atoms with Crippen LogP contribution >= 0.6 is 11.6 Å². The van der Waals surface area contributed by atoms with Crippen LogP contribution in [-0.4, -0.2) is 11.8 Å². The molecule has 1 aromatic rings. The second-order valence-electron chi connectivity index (χ2n) is 3.92. The van der Waals surface area contributed by atoms with Crippen LogP contribution in [0.4, 0.5) is 5.69 Å². The number of halogens is 1. The van der Waals surface area contributed by atoms with Crippen molar-refractivity contribution < 1.29 is 4.79 Å². The minimum atomic E-state index is -0.0358. The largest absolute Gasteiger partial charge is 0.326 e. The Bertz CT molecular complexity index is 334. The van der Waals surface area contributed by atoms with Gasteiger partial charge in [-0.15, -0.1) is 11.6 Å². The van der Waals surface area contributed by atoms with Crippen LogP contribution in [0.2, 0.25) is 0 Å². The summed E-state index contributed by atoms with van der Waals surface area (Å²) in [5, 5.41) is 2.80. The summed E-state index contributed by atoms with van der Waals surface area (Å²) in [6.07, 6.45) is 1.48. The topological polar surface area (TPSA) is 29.1 Å². The molecule has 0 spiro atoms. The van der Waals surface area contributed by atoms with Crippen LogP contribution in [0.5, 0.6) is 0 Å². The fourth-order valence-corrected chi connectivity index (χ4v) is 1.61. The molecule has 16 heavy (non-hydrogen) atoms. The first-order valence-corrected chi connectivity index (χ1v) is 6.16. The van der Waals surface area contributed by atoms with Crippen molar-refractivity contribution in [2.24, 2.45) is 0 Å². The maximum absolute atomic E-state index is 11.3. The zero-order valence-electron chi connectivity index (χ0n) is 9.79. The van der Waals surface area contributed by atoms with Crippen LogP contribution in [0.3, 0.4) is 0 Å². The Hall–Kier alpha value is -1.02. The van der Waals surface area contributed by atoms with Crippen LogP contribution < -0.4 is 5.32 Å². The van der Waals surface area contributed by atoms with Crippen molar-refractivity contribution >= 4 is 23.2 Å². The molecule has 0 aliphatic rings. The number of rotatable bonds is 5. The quantitative estimate of drug-likeness (QED) is 0.779. The Morgan fingerprint density at radius 3 is 2.50 bits per heavy atom. The molecule has 0 aliphatic heterocycles. The fraction of sp³-hybridized carbons (Fsp3) is 0.462. The predicted molar refractivity (Wildman–Crippen MR) is 69.1 cm³/mol. The first-order chi connectivity index (χ1) is 7.67. The first kappa shape index (κ1) is 13.0. The molecular weight excluding hydrogens is 222 g/mol. The second kappa shape index (κ2) is 6.54. The highest BCUT2D eigenvalue weighted by atomic mass is 35.5. The second-order valence-corrected chi connectivity index (χ2v) is 4.30. The Labute approximate surface area is 102 Å². The van der Waals surface area contributed by atoms with Crippen molar-refractivity contribution in [2.45, 2.75) is 32.6 Å². The number of hydrogen-bond donors (Lipinski definition) is 1. The summed E-state index contributed by atoms with van der Waals surface area (Å²) in [6.45, 7) is 4.36. The van der Waals surface area contributed by atoms with Gasteiger partial charge in [-0.3, -0.25) is 4.79 Å². The molecule has 0 radical (unpaired) electrons. The van der Waals surface area contributed by atoms with E-state index in [1.807, 2.05) is 12.1 Å². The van der Waals surface area contributed by atoms with E-state index in [2.05, 4.69) is 31.3 Å². The summed E-state index contributed by atoms with van der Waals surface area (Å²) in [7, 11) is 0. The molecule has 0 saturated carbocycles. The summed E-state index contributed by atoms with van der Waals surface area (Å²) in [6, 6.07) is 8.00. The molecule has 0 heterocycles. The number of carbonyl (C=O) groups is 1. The van der Waals surface area contributed by atoms with Gasteiger partial charge < -0.3 is 5.32 Å². The number of anilines is 1. The number of alkyl halides is 1. The lowest BCUT2D eigenvalue weighted by atomic mass is 9.99. The summed E-state index contributed by atoms with van der Waals surface area (Å²) in [4.78, 5) is 11.3. The van der Waals surface area contributed by atoms with Gasteiger partial charge in [-0.05, 0) is 30.0 Å². The Morgan fingerprint density at radius 1 is 1.38 bits per heavy atom. The normalized spacial score (nSPS) is 12.2. The zero-order chi connectivity index (χ0) is 12.0. The van der Waals surface area contributed by atoms with Gasteiger partial charge in [0.05, 0.1) is 0 Å². The van der Waals surface area contributed by atoms with E-state index >= 15 is 0 Å². The highest BCUT2D eigenvalue weighted by molar-refractivity contribution is 6.19. The Balaban J connectivity index is 2.61. The van der Waals surface area contributed by atoms with E-state index in [1.54, 1.807) is 0 Å². The van der Waals surface area contributed by atoms with E-state index in [1.165, 1.54) is 5.56 Å². The minimum absolute atomic E-state index is 0.0358. The number of hydrogen-bond acceptors (Lipinski definition) is 1. The summed E-state index contributed by atoms with van der Waals surface area (Å²) in [5.41, 5.74) is 2.14. The van der Waals surface area contributed by atoms with Gasteiger partial charge in [0.2, 0.25) is 5.91 Å². The van der Waals surface area contributed by atoms with E-state index in [0.717, 1.165) is 12.1 Å². The molecule has 1 aromatic carbocycles. The molecule has 1 amide bonds. The Morgan fingerprint density at radius 2 is 2.00 bits per heavy atom. The van der Waals surface area contributed by atoms with E-state index in [9.17, 15) is 4.79 Å². The van der Waals surface area contributed by atoms with Crippen LogP contribution in [0.25, 0.3) is 0 Å². The lowest BCUT2D eigenvalue weighted by Crippen LogP contribution is -2.11. The average Bonchev–Trinajstić information content (AvgIpc) is 2.29. The van der Waals surface area contributed by atoms with Crippen molar-refractivity contribution in [2.75, 3.05) is 11.2 Å². The third kappa shape index (κ3) is 3.86. The summed E-state index contributed by atoms with van der Waals surface area (Å²) < 4.78 is 0. The standard InChI is InChI=1S/C13H18ClNO/c1-3-10(2)11-4-6-12(7-5-11)15-13(16)8-9-14/h4-7,10H,3,8-9H2,1-2H3,(H,15,16). The molecule has 1 atom stereocenters. The lowest BCUT2D eigenvalue weighted by Gasteiger charge is -2.10. The highest BCUT2D eigenvalue weighted by Gasteiger charge is 2.04. The fourth-order valence-electron chi connectivity index (χ4n) is 1.44. The van der Waals surface area contributed by atoms with Gasteiger partial charge in [-0.2, -0.15) is 0 Å². The van der Waals surface area contributed by atoms with Gasteiger partial charge in [0.1, 0.15) is 0 Å². The highest BCUT2D eigenvalue weighted by Crippen LogP contribution is 2.20. The van der Waals surface area contributed by atoms with Gasteiger partial charge >= 0.3 is 0 Å². The van der Waals surface area contributed by atoms with E-state index in [0.29, 0.717) is 18.2 Å². The number of amides is 1. The maximum atomic E-state index is 11.3. The van der Waals surface area contributed by atoms with E-state index in [-0.39, 0.29) is 5.91 Å². The molecule has 88 valence electrons. The number of nitrogens with one attached hydrogen (secondary N) is 1. The first-order valence-electron chi connectivity index (χ1n) is 5.63. The Kier molecular flexibility index (Phi) is 5.33. The van der Waals surface area contributed by atoms with E-state index in [4.69, 9.17) is 11.6 Å². The predicted octanol–water partition coefficient (Wildman–Crippen LogP) is 3.77. The van der Waals surface area contributed by atoms with Crippen LogP contribution in [0, 0.1) is 0 Å². The molecule has 2 nitrogen and oxygen atoms in total. The number of benzene rings is 1. The van der Waals surface area contributed by atoms with Crippen LogP contribution in [-0.2, 0) is 4.79 Å². The molecule has 0 saturated heterocycles. The van der Waals surface area contributed by atoms with Gasteiger partial charge in [-0.1, -0.05) is 26.0 Å². The molecule has 1 N–H and O–H groups in total. The molecular formula is C13H18ClNO. The molecule has 0 aromatic heterocycles. The molecule has 0 bridgehead atoms. The molecule has 1 rings (SSSR count). The third-order valence-electron chi connectivity index (χ3n) is 2.70. The van der Waals surface area contributed by atoms with Gasteiger partial charge in [-0.25, -0.2) is 0 Å². The van der Waals surface area contributed by atoms with Crippen molar-refractivity contribution in [3.8, 4) is 0 Å². The maximum Gasteiger partial charge on any atom is 0.225 e. The lowest BCUT2D eigenvalue weighted by molar-refractivity contribution is -0.115. The zero-order valence-corrected chi connectivity index (χ0v) is 10.6. The summed E-state index contributed by atoms with van der Waals surface area (Å²) >= 11 is 5.49. The smallest absolute Gasteiger partial charge is 0.225 e. The SMILES string of the molecule is CCC(C)c1ccc(NC(=O)CCCl)cc1. The third-order valence-corrected chi connectivity index (χ3v) is 2.89. The van der Waals surface area contributed by atoms with Crippen LogP contribution in [0.1, 0.15) is 38.2 Å². The number of carbonyl (C=O) groups excluding carboxylic acids is 1. The van der Waals surface area contributed by atoms with E-state index < -0.39 is 0 Å². The van der Waals surface area contributed by atoms with Crippen molar-refractivity contribution in [3.63, 3.8) is 0 Å². The van der Waals surface area contributed by atoms with Crippen molar-refractivity contribution in [1.82, 2.24) is 0 Å². The monoisotopic (exact) mass is 239 g/mol. The minimum Gasteiger partial charge on any atom is -0.326 e. The molecule has 0 fully saturated rings.